The van der Waals surface area contributed by atoms with Gasteiger partial charge < -0.3 is 15.2 Å². The SMILES string of the molecule is O=C(CCCOc1ncc(F)cn1)NC1C2CC3CC1CC(O)(C3)C2. The summed E-state index contributed by atoms with van der Waals surface area (Å²) in [5, 5.41) is 13.8. The molecule has 4 saturated carbocycles. The number of halogens is 1. The number of hydrogen-bond donors (Lipinski definition) is 2. The molecule has 2 N–H and O–H groups in total. The first-order valence-corrected chi connectivity index (χ1v) is 9.13. The molecule has 0 aromatic carbocycles. The molecule has 5 rings (SSSR count). The quantitative estimate of drug-likeness (QED) is 0.766. The summed E-state index contributed by atoms with van der Waals surface area (Å²) >= 11 is 0. The second-order valence-electron chi connectivity index (χ2n) is 7.92. The van der Waals surface area contributed by atoms with Gasteiger partial charge >= 0.3 is 6.01 Å². The van der Waals surface area contributed by atoms with E-state index in [2.05, 4.69) is 15.3 Å². The van der Waals surface area contributed by atoms with Gasteiger partial charge in [-0.1, -0.05) is 0 Å². The Morgan fingerprint density at radius 3 is 2.60 bits per heavy atom. The number of aliphatic hydroxyl groups is 1. The topological polar surface area (TPSA) is 84.3 Å². The molecule has 0 spiro atoms. The molecular formula is C18H24FN3O3. The van der Waals surface area contributed by atoms with Crippen LogP contribution >= 0.6 is 0 Å². The lowest BCUT2D eigenvalue weighted by atomic mass is 9.52. The van der Waals surface area contributed by atoms with Crippen molar-refractivity contribution in [1.82, 2.24) is 15.3 Å². The molecule has 2 unspecified atom stereocenters. The number of aromatic nitrogens is 2. The van der Waals surface area contributed by atoms with E-state index < -0.39 is 11.4 Å². The molecule has 1 aromatic rings. The molecule has 6 nitrogen and oxygen atoms in total. The predicted octanol–water partition coefficient (Wildman–Crippen LogP) is 1.83. The van der Waals surface area contributed by atoms with Crippen LogP contribution in [0.25, 0.3) is 0 Å². The molecule has 136 valence electrons. The van der Waals surface area contributed by atoms with E-state index in [0.29, 0.717) is 37.2 Å². The van der Waals surface area contributed by atoms with Crippen LogP contribution in [0, 0.1) is 23.6 Å². The van der Waals surface area contributed by atoms with Crippen molar-refractivity contribution >= 4 is 5.91 Å². The Bertz CT molecular complexity index is 623. The second kappa shape index (κ2) is 6.52. The monoisotopic (exact) mass is 349 g/mol. The lowest BCUT2D eigenvalue weighted by Gasteiger charge is -2.58. The highest BCUT2D eigenvalue weighted by atomic mass is 19.1. The van der Waals surface area contributed by atoms with Gasteiger partial charge in [-0.05, 0) is 56.3 Å². The zero-order chi connectivity index (χ0) is 17.4. The van der Waals surface area contributed by atoms with E-state index in [1.54, 1.807) is 0 Å². The van der Waals surface area contributed by atoms with Crippen molar-refractivity contribution in [2.24, 2.45) is 17.8 Å². The Labute approximate surface area is 146 Å². The Morgan fingerprint density at radius 2 is 1.96 bits per heavy atom. The first-order valence-electron chi connectivity index (χ1n) is 9.13. The average Bonchev–Trinajstić information content (AvgIpc) is 2.55. The third-order valence-corrected chi connectivity index (χ3v) is 5.94. The Hall–Kier alpha value is -1.76. The molecule has 7 heteroatoms. The molecule has 0 radical (unpaired) electrons. The summed E-state index contributed by atoms with van der Waals surface area (Å²) in [7, 11) is 0. The predicted molar refractivity (Wildman–Crippen MR) is 87.2 cm³/mol. The van der Waals surface area contributed by atoms with Crippen molar-refractivity contribution < 1.29 is 19.0 Å². The molecule has 4 bridgehead atoms. The second-order valence-corrected chi connectivity index (χ2v) is 7.92. The van der Waals surface area contributed by atoms with Gasteiger partial charge in [0.25, 0.3) is 0 Å². The van der Waals surface area contributed by atoms with Gasteiger partial charge in [0.05, 0.1) is 24.6 Å². The molecular weight excluding hydrogens is 325 g/mol. The van der Waals surface area contributed by atoms with Crippen molar-refractivity contribution in [1.29, 1.82) is 0 Å². The summed E-state index contributed by atoms with van der Waals surface area (Å²) < 4.78 is 18.0. The zero-order valence-corrected chi connectivity index (χ0v) is 14.2. The lowest BCUT2D eigenvalue weighted by Crippen LogP contribution is -2.61. The Morgan fingerprint density at radius 1 is 1.28 bits per heavy atom. The highest BCUT2D eigenvalue weighted by molar-refractivity contribution is 5.76. The molecule has 4 fully saturated rings. The fourth-order valence-corrected chi connectivity index (χ4v) is 5.25. The lowest BCUT2D eigenvalue weighted by molar-refractivity contribution is -0.146. The number of amides is 1. The number of hydrogen-bond acceptors (Lipinski definition) is 5. The van der Waals surface area contributed by atoms with Crippen LogP contribution in [-0.4, -0.2) is 39.2 Å². The standard InChI is InChI=1S/C18H24FN3O3/c19-14-9-20-17(21-10-14)25-3-1-2-15(23)22-16-12-4-11-5-13(16)8-18(24,6-11)7-12/h9-13,16,24H,1-8H2,(H,22,23). The number of nitrogens with one attached hydrogen (secondary N) is 1. The van der Waals surface area contributed by atoms with Gasteiger partial charge in [0.2, 0.25) is 5.91 Å². The molecule has 0 aliphatic heterocycles. The first kappa shape index (κ1) is 16.7. The molecule has 1 amide bonds. The largest absolute Gasteiger partial charge is 0.463 e. The van der Waals surface area contributed by atoms with Crippen LogP contribution in [0.5, 0.6) is 6.01 Å². The van der Waals surface area contributed by atoms with Gasteiger partial charge in [-0.3, -0.25) is 4.79 Å². The third-order valence-electron chi connectivity index (χ3n) is 5.94. The van der Waals surface area contributed by atoms with E-state index >= 15 is 0 Å². The molecule has 1 aromatic heterocycles. The van der Waals surface area contributed by atoms with Crippen molar-refractivity contribution in [3.8, 4) is 6.01 Å². The average molecular weight is 349 g/mol. The first-order chi connectivity index (χ1) is 12.0. The van der Waals surface area contributed by atoms with E-state index in [0.717, 1.165) is 44.5 Å². The normalized spacial score (nSPS) is 35.6. The minimum Gasteiger partial charge on any atom is -0.463 e. The molecule has 0 saturated heterocycles. The van der Waals surface area contributed by atoms with Crippen molar-refractivity contribution in [3.05, 3.63) is 18.2 Å². The Balaban J connectivity index is 1.21. The maximum Gasteiger partial charge on any atom is 0.316 e. The Kier molecular flexibility index (Phi) is 4.35. The summed E-state index contributed by atoms with van der Waals surface area (Å²) in [6.45, 7) is 0.318. The summed E-state index contributed by atoms with van der Waals surface area (Å²) in [5.74, 6) is 1.01. The van der Waals surface area contributed by atoms with Crippen molar-refractivity contribution in [3.63, 3.8) is 0 Å². The van der Waals surface area contributed by atoms with E-state index in [1.165, 1.54) is 0 Å². The van der Waals surface area contributed by atoms with Crippen LogP contribution in [0.4, 0.5) is 4.39 Å². The van der Waals surface area contributed by atoms with Crippen LogP contribution in [-0.2, 0) is 4.79 Å². The highest BCUT2D eigenvalue weighted by Crippen LogP contribution is 2.55. The minimum absolute atomic E-state index is 0.0353. The van der Waals surface area contributed by atoms with Crippen LogP contribution in [0.2, 0.25) is 0 Å². The van der Waals surface area contributed by atoms with Crippen LogP contribution in [0.15, 0.2) is 12.4 Å². The summed E-state index contributed by atoms with van der Waals surface area (Å²) in [6.07, 6.45) is 7.91. The van der Waals surface area contributed by atoms with Gasteiger partial charge in [0.1, 0.15) is 0 Å². The number of ether oxygens (including phenoxy) is 1. The van der Waals surface area contributed by atoms with E-state index in [4.69, 9.17) is 4.74 Å². The van der Waals surface area contributed by atoms with Gasteiger partial charge in [-0.2, -0.15) is 0 Å². The smallest absolute Gasteiger partial charge is 0.316 e. The number of carbonyl (C=O) groups is 1. The third kappa shape index (κ3) is 3.61. The van der Waals surface area contributed by atoms with E-state index in [1.807, 2.05) is 0 Å². The van der Waals surface area contributed by atoms with Gasteiger partial charge in [-0.25, -0.2) is 14.4 Å². The fourth-order valence-electron chi connectivity index (χ4n) is 5.25. The fraction of sp³-hybridized carbons (Fsp3) is 0.722. The maximum atomic E-state index is 12.7. The molecule has 25 heavy (non-hydrogen) atoms. The van der Waals surface area contributed by atoms with Crippen molar-refractivity contribution in [2.75, 3.05) is 6.61 Å². The van der Waals surface area contributed by atoms with Crippen LogP contribution in [0.1, 0.15) is 44.9 Å². The molecule has 2 atom stereocenters. The summed E-state index contributed by atoms with van der Waals surface area (Å²) in [6, 6.07) is 0.335. The number of nitrogens with zero attached hydrogens (tertiary/aromatic N) is 2. The van der Waals surface area contributed by atoms with Crippen LogP contribution in [0.3, 0.4) is 0 Å². The van der Waals surface area contributed by atoms with E-state index in [-0.39, 0.29) is 18.0 Å². The van der Waals surface area contributed by atoms with Gasteiger partial charge in [0.15, 0.2) is 5.82 Å². The van der Waals surface area contributed by atoms with Crippen molar-refractivity contribution in [2.45, 2.75) is 56.6 Å². The van der Waals surface area contributed by atoms with Gasteiger partial charge in [-0.15, -0.1) is 0 Å². The van der Waals surface area contributed by atoms with Gasteiger partial charge in [0, 0.05) is 12.5 Å². The minimum atomic E-state index is -0.507. The number of rotatable bonds is 6. The van der Waals surface area contributed by atoms with Crippen LogP contribution < -0.4 is 10.1 Å². The summed E-state index contributed by atoms with van der Waals surface area (Å²) in [4.78, 5) is 19.7. The number of carbonyl (C=O) groups excluding carboxylic acids is 1. The molecule has 1 heterocycles. The summed E-state index contributed by atoms with van der Waals surface area (Å²) in [5.41, 5.74) is -0.472. The molecule has 4 aliphatic carbocycles. The highest BCUT2D eigenvalue weighted by Gasteiger charge is 2.54. The molecule has 4 aliphatic rings. The zero-order valence-electron chi connectivity index (χ0n) is 14.2. The van der Waals surface area contributed by atoms with E-state index in [9.17, 15) is 14.3 Å². The maximum absolute atomic E-state index is 12.7.